The molecule has 1 rings (SSSR count). The van der Waals surface area contributed by atoms with E-state index in [0.29, 0.717) is 12.1 Å². The Morgan fingerprint density at radius 1 is 1.55 bits per heavy atom. The van der Waals surface area contributed by atoms with Crippen LogP contribution in [0, 0.1) is 0 Å². The van der Waals surface area contributed by atoms with Crippen LogP contribution in [-0.4, -0.2) is 15.1 Å². The molecule has 60 valence electrons. The zero-order valence-electron chi connectivity index (χ0n) is 6.16. The van der Waals surface area contributed by atoms with Gasteiger partial charge in [0.2, 0.25) is 0 Å². The van der Waals surface area contributed by atoms with Crippen LogP contribution in [-0.2, 0) is 0 Å². The van der Waals surface area contributed by atoms with Gasteiger partial charge in [-0.05, 0) is 6.42 Å². The van der Waals surface area contributed by atoms with Gasteiger partial charge in [0.15, 0.2) is 5.15 Å². The first-order chi connectivity index (χ1) is 5.25. The van der Waals surface area contributed by atoms with Crippen LogP contribution in [0.3, 0.4) is 0 Å². The molecule has 1 N–H and O–H groups in total. The van der Waals surface area contributed by atoms with Crippen LogP contribution < -0.4 is 0 Å². The summed E-state index contributed by atoms with van der Waals surface area (Å²) in [5.74, 6) is 0. The van der Waals surface area contributed by atoms with Gasteiger partial charge in [-0.25, -0.2) is 4.98 Å². The summed E-state index contributed by atoms with van der Waals surface area (Å²) in [4.78, 5) is 7.70. The normalized spacial score (nSPS) is 13.0. The Bertz CT molecular complexity index is 242. The maximum Gasteiger partial charge on any atom is 0.153 e. The highest BCUT2D eigenvalue weighted by Crippen LogP contribution is 2.19. The molecule has 0 aromatic carbocycles. The number of aromatic nitrogens is 2. The van der Waals surface area contributed by atoms with Crippen LogP contribution in [0.2, 0.25) is 5.15 Å². The van der Waals surface area contributed by atoms with Crippen molar-refractivity contribution >= 4 is 11.6 Å². The minimum absolute atomic E-state index is 0.279. The van der Waals surface area contributed by atoms with Crippen molar-refractivity contribution in [2.24, 2.45) is 0 Å². The van der Waals surface area contributed by atoms with E-state index in [1.165, 1.54) is 12.4 Å². The Kier molecular flexibility index (Phi) is 2.79. The quantitative estimate of drug-likeness (QED) is 0.737. The van der Waals surface area contributed by atoms with Crippen LogP contribution in [0.4, 0.5) is 0 Å². The molecule has 0 aliphatic carbocycles. The molecule has 11 heavy (non-hydrogen) atoms. The molecule has 1 aromatic rings. The Balaban J connectivity index is 2.93. The van der Waals surface area contributed by atoms with Crippen LogP contribution >= 0.6 is 11.6 Å². The summed E-state index contributed by atoms with van der Waals surface area (Å²) in [5.41, 5.74) is 0.455. The molecule has 0 fully saturated rings. The van der Waals surface area contributed by atoms with Gasteiger partial charge in [-0.1, -0.05) is 18.5 Å². The molecule has 0 saturated carbocycles. The lowest BCUT2D eigenvalue weighted by Crippen LogP contribution is -2.00. The zero-order chi connectivity index (χ0) is 8.27. The monoisotopic (exact) mass is 172 g/mol. The number of hydrogen-bond donors (Lipinski definition) is 1. The van der Waals surface area contributed by atoms with E-state index < -0.39 is 6.10 Å². The molecule has 1 atom stereocenters. The standard InChI is InChI=1S/C7H9ClN2O/c1-2-5(11)6-7(8)10-4-3-9-6/h3-5,11H,2H2,1H3. The van der Waals surface area contributed by atoms with E-state index in [2.05, 4.69) is 9.97 Å². The largest absolute Gasteiger partial charge is 0.387 e. The molecule has 4 heteroatoms. The van der Waals surface area contributed by atoms with Crippen molar-refractivity contribution in [2.75, 3.05) is 0 Å². The van der Waals surface area contributed by atoms with E-state index in [1.807, 2.05) is 6.92 Å². The Morgan fingerprint density at radius 3 is 2.73 bits per heavy atom. The SMILES string of the molecule is CCC(O)c1nccnc1Cl. The third-order valence-corrected chi connectivity index (χ3v) is 1.67. The summed E-state index contributed by atoms with van der Waals surface area (Å²) in [7, 11) is 0. The third kappa shape index (κ3) is 1.88. The molecular weight excluding hydrogens is 164 g/mol. The van der Waals surface area contributed by atoms with Crippen molar-refractivity contribution in [1.29, 1.82) is 0 Å². The van der Waals surface area contributed by atoms with Gasteiger partial charge >= 0.3 is 0 Å². The lowest BCUT2D eigenvalue weighted by Gasteiger charge is -2.06. The van der Waals surface area contributed by atoms with Gasteiger partial charge in [0, 0.05) is 12.4 Å². The predicted molar refractivity (Wildman–Crippen MR) is 42.3 cm³/mol. The molecule has 1 aromatic heterocycles. The molecule has 0 radical (unpaired) electrons. The summed E-state index contributed by atoms with van der Waals surface area (Å²) in [5, 5.41) is 9.60. The van der Waals surface area contributed by atoms with Gasteiger partial charge in [0.1, 0.15) is 5.69 Å². The van der Waals surface area contributed by atoms with E-state index in [1.54, 1.807) is 0 Å². The minimum atomic E-state index is -0.601. The molecule has 1 heterocycles. The van der Waals surface area contributed by atoms with Crippen molar-refractivity contribution in [3.05, 3.63) is 23.2 Å². The first-order valence-corrected chi connectivity index (χ1v) is 3.78. The van der Waals surface area contributed by atoms with E-state index in [0.717, 1.165) is 0 Å². The summed E-state index contributed by atoms with van der Waals surface area (Å²) < 4.78 is 0. The number of aliphatic hydroxyl groups excluding tert-OH is 1. The molecule has 0 spiro atoms. The van der Waals surface area contributed by atoms with E-state index >= 15 is 0 Å². The third-order valence-electron chi connectivity index (χ3n) is 1.38. The van der Waals surface area contributed by atoms with Crippen LogP contribution in [0.1, 0.15) is 25.1 Å². The second-order valence-electron chi connectivity index (χ2n) is 2.16. The number of aliphatic hydroxyl groups is 1. The van der Waals surface area contributed by atoms with Gasteiger partial charge in [-0.3, -0.25) is 4.98 Å². The fraction of sp³-hybridized carbons (Fsp3) is 0.429. The molecule has 0 aliphatic rings. The van der Waals surface area contributed by atoms with E-state index in [9.17, 15) is 5.11 Å². The highest BCUT2D eigenvalue weighted by atomic mass is 35.5. The number of nitrogens with zero attached hydrogens (tertiary/aromatic N) is 2. The molecular formula is C7H9ClN2O. The van der Waals surface area contributed by atoms with Crippen LogP contribution in [0.5, 0.6) is 0 Å². The zero-order valence-corrected chi connectivity index (χ0v) is 6.91. The lowest BCUT2D eigenvalue weighted by molar-refractivity contribution is 0.168. The summed E-state index contributed by atoms with van der Waals surface area (Å²) in [6.07, 6.45) is 3.00. The summed E-state index contributed by atoms with van der Waals surface area (Å²) in [6.45, 7) is 1.86. The van der Waals surface area contributed by atoms with Gasteiger partial charge < -0.3 is 5.11 Å². The number of halogens is 1. The first-order valence-electron chi connectivity index (χ1n) is 3.40. The lowest BCUT2D eigenvalue weighted by atomic mass is 10.2. The molecule has 0 amide bonds. The van der Waals surface area contributed by atoms with Crippen LogP contribution in [0.25, 0.3) is 0 Å². The molecule has 0 saturated heterocycles. The Morgan fingerprint density at radius 2 is 2.18 bits per heavy atom. The molecule has 3 nitrogen and oxygen atoms in total. The average Bonchev–Trinajstić information content (AvgIpc) is 2.04. The maximum atomic E-state index is 9.32. The Labute approximate surface area is 70.1 Å². The fourth-order valence-corrected chi connectivity index (χ4v) is 0.980. The highest BCUT2D eigenvalue weighted by molar-refractivity contribution is 6.30. The van der Waals surface area contributed by atoms with Gasteiger partial charge in [0.25, 0.3) is 0 Å². The van der Waals surface area contributed by atoms with Crippen molar-refractivity contribution in [2.45, 2.75) is 19.4 Å². The van der Waals surface area contributed by atoms with E-state index in [-0.39, 0.29) is 5.15 Å². The second kappa shape index (κ2) is 3.64. The van der Waals surface area contributed by atoms with Crippen molar-refractivity contribution in [1.82, 2.24) is 9.97 Å². The summed E-state index contributed by atoms with van der Waals surface area (Å²) >= 11 is 5.66. The maximum absolute atomic E-state index is 9.32. The van der Waals surface area contributed by atoms with Crippen LogP contribution in [0.15, 0.2) is 12.4 Å². The fourth-order valence-electron chi connectivity index (χ4n) is 0.749. The average molecular weight is 173 g/mol. The highest BCUT2D eigenvalue weighted by Gasteiger charge is 2.10. The molecule has 0 bridgehead atoms. The number of rotatable bonds is 2. The minimum Gasteiger partial charge on any atom is -0.387 e. The number of hydrogen-bond acceptors (Lipinski definition) is 3. The molecule has 1 unspecified atom stereocenters. The first kappa shape index (κ1) is 8.43. The topological polar surface area (TPSA) is 46.0 Å². The van der Waals surface area contributed by atoms with Crippen molar-refractivity contribution in [3.63, 3.8) is 0 Å². The predicted octanol–water partition coefficient (Wildman–Crippen LogP) is 1.57. The van der Waals surface area contributed by atoms with Crippen molar-refractivity contribution < 1.29 is 5.11 Å². The Hall–Kier alpha value is -0.670. The smallest absolute Gasteiger partial charge is 0.153 e. The second-order valence-corrected chi connectivity index (χ2v) is 2.51. The van der Waals surface area contributed by atoms with Crippen molar-refractivity contribution in [3.8, 4) is 0 Å². The molecule has 0 aliphatic heterocycles. The summed E-state index contributed by atoms with van der Waals surface area (Å²) in [6, 6.07) is 0. The van der Waals surface area contributed by atoms with E-state index in [4.69, 9.17) is 11.6 Å². The van der Waals surface area contributed by atoms with Gasteiger partial charge in [-0.2, -0.15) is 0 Å². The van der Waals surface area contributed by atoms with Gasteiger partial charge in [0.05, 0.1) is 6.10 Å². The van der Waals surface area contributed by atoms with Gasteiger partial charge in [-0.15, -0.1) is 0 Å².